The van der Waals surface area contributed by atoms with Gasteiger partial charge in [0.15, 0.2) is 0 Å². The van der Waals surface area contributed by atoms with Crippen molar-refractivity contribution in [3.63, 3.8) is 0 Å². The summed E-state index contributed by atoms with van der Waals surface area (Å²) in [6, 6.07) is 13.6. The first-order chi connectivity index (χ1) is 10.5. The fraction of sp³-hybridized carbons (Fsp3) is 0.278. The lowest BCUT2D eigenvalue weighted by molar-refractivity contribution is -0.115. The maximum Gasteiger partial charge on any atom is 0.238 e. The molecule has 0 radical (unpaired) electrons. The Labute approximate surface area is 136 Å². The summed E-state index contributed by atoms with van der Waals surface area (Å²) < 4.78 is 0. The number of amides is 1. The predicted octanol–water partition coefficient (Wildman–Crippen LogP) is 4.25. The van der Waals surface area contributed by atoms with Crippen LogP contribution in [0.1, 0.15) is 29.7 Å². The van der Waals surface area contributed by atoms with Gasteiger partial charge in [-0.3, -0.25) is 4.79 Å². The summed E-state index contributed by atoms with van der Waals surface area (Å²) in [5, 5.41) is 6.79. The van der Waals surface area contributed by atoms with Crippen LogP contribution in [0.5, 0.6) is 0 Å². The Morgan fingerprint density at radius 3 is 2.55 bits per heavy atom. The molecule has 0 aliphatic carbocycles. The monoisotopic (exact) mass is 316 g/mol. The van der Waals surface area contributed by atoms with Gasteiger partial charge in [-0.2, -0.15) is 0 Å². The molecule has 2 N–H and O–H groups in total. The third-order valence-corrected chi connectivity index (χ3v) is 4.08. The smallest absolute Gasteiger partial charge is 0.238 e. The molecule has 0 bridgehead atoms. The molecule has 0 aliphatic rings. The zero-order valence-electron chi connectivity index (χ0n) is 13.1. The largest absolute Gasteiger partial charge is 0.325 e. The van der Waals surface area contributed by atoms with Gasteiger partial charge >= 0.3 is 0 Å². The van der Waals surface area contributed by atoms with Crippen molar-refractivity contribution < 1.29 is 4.79 Å². The summed E-state index contributed by atoms with van der Waals surface area (Å²) >= 11 is 6.16. The number of nitrogens with one attached hydrogen (secondary N) is 2. The molecule has 0 spiro atoms. The highest BCUT2D eigenvalue weighted by Gasteiger charge is 2.10. The van der Waals surface area contributed by atoms with E-state index in [9.17, 15) is 4.79 Å². The maximum atomic E-state index is 12.0. The Bertz CT molecular complexity index is 670. The van der Waals surface area contributed by atoms with E-state index in [4.69, 9.17) is 11.6 Å². The van der Waals surface area contributed by atoms with E-state index in [1.807, 2.05) is 63.2 Å². The van der Waals surface area contributed by atoms with Gasteiger partial charge < -0.3 is 10.6 Å². The molecule has 22 heavy (non-hydrogen) atoms. The minimum Gasteiger partial charge on any atom is -0.325 e. The lowest BCUT2D eigenvalue weighted by Crippen LogP contribution is -2.30. The average Bonchev–Trinajstić information content (AvgIpc) is 2.49. The number of carbonyl (C=O) groups excluding carboxylic acids is 1. The number of halogens is 1. The lowest BCUT2D eigenvalue weighted by atomic mass is 10.1. The number of benzene rings is 2. The van der Waals surface area contributed by atoms with Crippen LogP contribution >= 0.6 is 11.6 Å². The summed E-state index contributed by atoms with van der Waals surface area (Å²) in [5.41, 5.74) is 4.18. The number of hydrogen-bond donors (Lipinski definition) is 2. The number of anilines is 1. The maximum absolute atomic E-state index is 12.0. The third kappa shape index (κ3) is 4.33. The molecule has 116 valence electrons. The first-order valence-corrected chi connectivity index (χ1v) is 7.70. The summed E-state index contributed by atoms with van der Waals surface area (Å²) in [4.78, 5) is 12.0. The molecule has 3 nitrogen and oxygen atoms in total. The Kier molecular flexibility index (Phi) is 5.58. The van der Waals surface area contributed by atoms with Crippen molar-refractivity contribution in [3.8, 4) is 0 Å². The molecule has 2 aromatic carbocycles. The topological polar surface area (TPSA) is 41.1 Å². The van der Waals surface area contributed by atoms with Crippen LogP contribution in [0.25, 0.3) is 0 Å². The normalized spacial score (nSPS) is 12.0. The molecule has 0 heterocycles. The minimum atomic E-state index is -0.0674. The van der Waals surface area contributed by atoms with Crippen molar-refractivity contribution >= 4 is 23.2 Å². The van der Waals surface area contributed by atoms with Gasteiger partial charge in [0.05, 0.1) is 6.54 Å². The highest BCUT2D eigenvalue weighted by atomic mass is 35.5. The lowest BCUT2D eigenvalue weighted by Gasteiger charge is -2.15. The van der Waals surface area contributed by atoms with Crippen molar-refractivity contribution in [2.75, 3.05) is 11.9 Å². The zero-order chi connectivity index (χ0) is 16.1. The van der Waals surface area contributed by atoms with Crippen LogP contribution in [0, 0.1) is 13.8 Å². The molecule has 1 atom stereocenters. The molecular formula is C18H21ClN2O. The van der Waals surface area contributed by atoms with E-state index in [1.165, 1.54) is 5.56 Å². The van der Waals surface area contributed by atoms with Crippen LogP contribution in [-0.4, -0.2) is 12.5 Å². The minimum absolute atomic E-state index is 0.0132. The SMILES string of the molecule is Cc1ccc(NC(=O)CNC(C)c2ccccc2Cl)cc1C. The van der Waals surface area contributed by atoms with Gasteiger partial charge in [-0.05, 0) is 55.7 Å². The van der Waals surface area contributed by atoms with Gasteiger partial charge in [-0.15, -0.1) is 0 Å². The number of rotatable bonds is 5. The molecule has 4 heteroatoms. The van der Waals surface area contributed by atoms with Gasteiger partial charge in [-0.1, -0.05) is 35.9 Å². The van der Waals surface area contributed by atoms with E-state index in [0.717, 1.165) is 16.8 Å². The Morgan fingerprint density at radius 2 is 1.86 bits per heavy atom. The second-order valence-electron chi connectivity index (χ2n) is 5.47. The molecule has 0 saturated carbocycles. The second-order valence-corrected chi connectivity index (χ2v) is 5.88. The van der Waals surface area contributed by atoms with Crippen molar-refractivity contribution in [2.45, 2.75) is 26.8 Å². The van der Waals surface area contributed by atoms with Crippen molar-refractivity contribution in [1.82, 2.24) is 5.32 Å². The van der Waals surface area contributed by atoms with E-state index in [0.29, 0.717) is 5.02 Å². The fourth-order valence-electron chi connectivity index (χ4n) is 2.21. The van der Waals surface area contributed by atoms with Gasteiger partial charge in [-0.25, -0.2) is 0 Å². The second kappa shape index (κ2) is 7.43. The fourth-order valence-corrected chi connectivity index (χ4v) is 2.51. The summed E-state index contributed by atoms with van der Waals surface area (Å²) in [6.45, 7) is 6.31. The van der Waals surface area contributed by atoms with Crippen LogP contribution < -0.4 is 10.6 Å². The predicted molar refractivity (Wildman–Crippen MR) is 92.4 cm³/mol. The van der Waals surface area contributed by atoms with Crippen molar-refractivity contribution in [2.24, 2.45) is 0 Å². The first-order valence-electron chi connectivity index (χ1n) is 7.32. The molecule has 0 aliphatic heterocycles. The Morgan fingerprint density at radius 1 is 1.14 bits per heavy atom. The van der Waals surface area contributed by atoms with Crippen LogP contribution in [0.15, 0.2) is 42.5 Å². The molecule has 0 saturated heterocycles. The van der Waals surface area contributed by atoms with Gasteiger partial charge in [0.1, 0.15) is 0 Å². The summed E-state index contributed by atoms with van der Waals surface area (Å²) in [5.74, 6) is -0.0674. The van der Waals surface area contributed by atoms with E-state index in [1.54, 1.807) is 0 Å². The van der Waals surface area contributed by atoms with Crippen molar-refractivity contribution in [1.29, 1.82) is 0 Å². The van der Waals surface area contributed by atoms with Crippen molar-refractivity contribution in [3.05, 3.63) is 64.2 Å². The van der Waals surface area contributed by atoms with Crippen LogP contribution in [-0.2, 0) is 4.79 Å². The first kappa shape index (κ1) is 16.5. The molecular weight excluding hydrogens is 296 g/mol. The third-order valence-electron chi connectivity index (χ3n) is 3.73. The molecule has 1 amide bonds. The number of hydrogen-bond acceptors (Lipinski definition) is 2. The van der Waals surface area contributed by atoms with Gasteiger partial charge in [0.2, 0.25) is 5.91 Å². The van der Waals surface area contributed by atoms with Crippen LogP contribution in [0.4, 0.5) is 5.69 Å². The molecule has 0 fully saturated rings. The van der Waals surface area contributed by atoms with Crippen LogP contribution in [0.3, 0.4) is 0 Å². The summed E-state index contributed by atoms with van der Waals surface area (Å²) in [6.07, 6.45) is 0. The Balaban J connectivity index is 1.90. The van der Waals surface area contributed by atoms with Gasteiger partial charge in [0, 0.05) is 16.8 Å². The molecule has 2 rings (SSSR count). The quantitative estimate of drug-likeness (QED) is 0.866. The highest BCUT2D eigenvalue weighted by molar-refractivity contribution is 6.31. The van der Waals surface area contributed by atoms with E-state index in [2.05, 4.69) is 10.6 Å². The molecule has 1 unspecified atom stereocenters. The standard InChI is InChI=1S/C18H21ClN2O/c1-12-8-9-15(10-13(12)2)21-18(22)11-20-14(3)16-6-4-5-7-17(16)19/h4-10,14,20H,11H2,1-3H3,(H,21,22). The molecule has 0 aromatic heterocycles. The van der Waals surface area contributed by atoms with E-state index < -0.39 is 0 Å². The summed E-state index contributed by atoms with van der Waals surface area (Å²) in [7, 11) is 0. The average molecular weight is 317 g/mol. The van der Waals surface area contributed by atoms with E-state index >= 15 is 0 Å². The number of carbonyl (C=O) groups is 1. The van der Waals surface area contributed by atoms with E-state index in [-0.39, 0.29) is 18.5 Å². The Hall–Kier alpha value is -1.84. The van der Waals surface area contributed by atoms with Crippen LogP contribution in [0.2, 0.25) is 5.02 Å². The molecule has 2 aromatic rings. The number of aryl methyl sites for hydroxylation is 2. The highest BCUT2D eigenvalue weighted by Crippen LogP contribution is 2.21. The zero-order valence-corrected chi connectivity index (χ0v) is 13.9. The van der Waals surface area contributed by atoms with Gasteiger partial charge in [0.25, 0.3) is 0 Å².